The Morgan fingerprint density at radius 1 is 1.06 bits per heavy atom. The fourth-order valence-electron chi connectivity index (χ4n) is 4.69. The maximum absolute atomic E-state index is 13.7. The van der Waals surface area contributed by atoms with Crippen molar-refractivity contribution in [2.45, 2.75) is 59.0 Å². The van der Waals surface area contributed by atoms with Gasteiger partial charge < -0.3 is 14.5 Å². The molecule has 1 aliphatic rings. The molecule has 0 unspecified atom stereocenters. The number of ether oxygens (including phenoxy) is 1. The lowest BCUT2D eigenvalue weighted by Gasteiger charge is -2.37. The summed E-state index contributed by atoms with van der Waals surface area (Å²) in [5.74, 6) is 1.10. The maximum Gasteiger partial charge on any atom is 0.254 e. The summed E-state index contributed by atoms with van der Waals surface area (Å²) in [6.07, 6.45) is 0.825. The number of hydrogen-bond acceptors (Lipinski definition) is 4. The fraction of sp³-hybridized carbons (Fsp3) is 0.400. The van der Waals surface area contributed by atoms with Crippen LogP contribution in [0.4, 0.5) is 0 Å². The van der Waals surface area contributed by atoms with E-state index in [0.29, 0.717) is 24.6 Å². The third kappa shape index (κ3) is 5.65. The largest absolute Gasteiger partial charge is 0.491 e. The molecule has 0 bridgehead atoms. The molecule has 1 aromatic heterocycles. The number of nitrogens with zero attached hydrogens (tertiary/aromatic N) is 2. The Labute approximate surface area is 218 Å². The quantitative estimate of drug-likeness (QED) is 0.365. The number of thiophene rings is 1. The number of fused-ring (bicyclic) bond motifs is 1. The van der Waals surface area contributed by atoms with Crippen LogP contribution in [0.5, 0.6) is 5.75 Å². The zero-order valence-electron chi connectivity index (χ0n) is 21.9. The van der Waals surface area contributed by atoms with Crippen LogP contribution in [0.25, 0.3) is 0 Å². The molecule has 2 aromatic carbocycles. The van der Waals surface area contributed by atoms with Crippen molar-refractivity contribution in [1.82, 2.24) is 9.80 Å². The van der Waals surface area contributed by atoms with Crippen molar-refractivity contribution in [1.29, 1.82) is 0 Å². The summed E-state index contributed by atoms with van der Waals surface area (Å²) >= 11 is 1.73. The molecule has 0 N–H and O–H groups in total. The lowest BCUT2D eigenvalue weighted by molar-refractivity contribution is -0.136. The minimum atomic E-state index is -0.181. The Balaban J connectivity index is 1.52. The SMILES string of the molecule is Cc1ccccc1C(=O)N(CC(=O)N1CCc2sccc2[C@@H]1COc1ccc(C(C)C)cc1)C(C)C. The standard InChI is InChI=1S/C30H36N2O3S/c1-20(2)23-10-12-24(13-11-23)35-19-27-26-15-17-36-28(26)14-16-31(27)29(33)18-32(21(3)4)30(34)25-9-7-6-8-22(25)5/h6-13,15,17,20-21,27H,14,16,18-19H2,1-5H3/t27-/m0/s1. The Bertz CT molecular complexity index is 1200. The summed E-state index contributed by atoms with van der Waals surface area (Å²) in [6, 6.07) is 17.6. The highest BCUT2D eigenvalue weighted by molar-refractivity contribution is 7.10. The molecule has 2 amide bonds. The number of hydrogen-bond donors (Lipinski definition) is 0. The van der Waals surface area contributed by atoms with Crippen molar-refractivity contribution < 1.29 is 14.3 Å². The van der Waals surface area contributed by atoms with Crippen LogP contribution < -0.4 is 4.74 Å². The summed E-state index contributed by atoms with van der Waals surface area (Å²) in [6.45, 7) is 11.2. The molecule has 0 saturated heterocycles. The second-order valence-corrected chi connectivity index (χ2v) is 11.0. The van der Waals surface area contributed by atoms with E-state index in [9.17, 15) is 9.59 Å². The average molecular weight is 505 g/mol. The van der Waals surface area contributed by atoms with Gasteiger partial charge in [0.2, 0.25) is 5.91 Å². The van der Waals surface area contributed by atoms with Gasteiger partial charge >= 0.3 is 0 Å². The normalized spacial score (nSPS) is 15.2. The zero-order chi connectivity index (χ0) is 25.8. The first-order valence-electron chi connectivity index (χ1n) is 12.7. The third-order valence-electron chi connectivity index (χ3n) is 6.94. The van der Waals surface area contributed by atoms with Crippen molar-refractivity contribution in [3.8, 4) is 5.75 Å². The lowest BCUT2D eigenvalue weighted by atomic mass is 10.00. The summed E-state index contributed by atoms with van der Waals surface area (Å²) in [4.78, 5) is 32.0. The van der Waals surface area contributed by atoms with Crippen LogP contribution in [-0.2, 0) is 11.2 Å². The molecule has 1 aliphatic heterocycles. The van der Waals surface area contributed by atoms with E-state index in [1.165, 1.54) is 10.4 Å². The van der Waals surface area contributed by atoms with Crippen molar-refractivity contribution in [3.05, 3.63) is 87.1 Å². The van der Waals surface area contributed by atoms with Crippen LogP contribution in [0.3, 0.4) is 0 Å². The van der Waals surface area contributed by atoms with Gasteiger partial charge in [-0.3, -0.25) is 9.59 Å². The highest BCUT2D eigenvalue weighted by Crippen LogP contribution is 2.34. The third-order valence-corrected chi connectivity index (χ3v) is 7.93. The molecule has 6 heteroatoms. The van der Waals surface area contributed by atoms with Crippen molar-refractivity contribution in [2.75, 3.05) is 19.7 Å². The molecule has 1 atom stereocenters. The number of carbonyl (C=O) groups excluding carboxylic acids is 2. The van der Waals surface area contributed by atoms with Crippen LogP contribution >= 0.6 is 11.3 Å². The highest BCUT2D eigenvalue weighted by Gasteiger charge is 2.34. The van der Waals surface area contributed by atoms with E-state index >= 15 is 0 Å². The fourth-order valence-corrected chi connectivity index (χ4v) is 5.62. The van der Waals surface area contributed by atoms with Gasteiger partial charge in [-0.15, -0.1) is 11.3 Å². The molecular formula is C30H36N2O3S. The molecule has 36 heavy (non-hydrogen) atoms. The second-order valence-electron chi connectivity index (χ2n) is 10.0. The Kier molecular flexibility index (Phi) is 8.14. The summed E-state index contributed by atoms with van der Waals surface area (Å²) in [7, 11) is 0. The smallest absolute Gasteiger partial charge is 0.254 e. The molecule has 0 saturated carbocycles. The van der Waals surface area contributed by atoms with E-state index in [-0.39, 0.29) is 30.4 Å². The van der Waals surface area contributed by atoms with E-state index in [1.54, 1.807) is 16.2 Å². The van der Waals surface area contributed by atoms with E-state index in [4.69, 9.17) is 4.74 Å². The topological polar surface area (TPSA) is 49.9 Å². The Morgan fingerprint density at radius 3 is 2.44 bits per heavy atom. The number of amides is 2. The highest BCUT2D eigenvalue weighted by atomic mass is 32.1. The van der Waals surface area contributed by atoms with Gasteiger partial charge in [0.05, 0.1) is 6.04 Å². The molecule has 0 fully saturated rings. The van der Waals surface area contributed by atoms with Crippen LogP contribution in [0.1, 0.15) is 71.6 Å². The van der Waals surface area contributed by atoms with Gasteiger partial charge in [-0.1, -0.05) is 44.2 Å². The first kappa shape index (κ1) is 26.0. The molecule has 190 valence electrons. The molecule has 5 nitrogen and oxygen atoms in total. The minimum absolute atomic E-state index is 0.0455. The van der Waals surface area contributed by atoms with Gasteiger partial charge in [0.25, 0.3) is 5.91 Å². The predicted octanol–water partition coefficient (Wildman–Crippen LogP) is 6.24. The van der Waals surface area contributed by atoms with E-state index in [1.807, 2.05) is 62.1 Å². The van der Waals surface area contributed by atoms with Crippen molar-refractivity contribution in [2.24, 2.45) is 0 Å². The van der Waals surface area contributed by atoms with Gasteiger partial charge in [0.1, 0.15) is 18.9 Å². The Hall–Kier alpha value is -3.12. The molecule has 3 aromatic rings. The Morgan fingerprint density at radius 2 is 1.78 bits per heavy atom. The van der Waals surface area contributed by atoms with E-state index in [2.05, 4.69) is 37.4 Å². The molecule has 0 radical (unpaired) electrons. The monoisotopic (exact) mass is 504 g/mol. The first-order valence-corrected chi connectivity index (χ1v) is 13.6. The van der Waals surface area contributed by atoms with Crippen LogP contribution in [0.2, 0.25) is 0 Å². The summed E-state index contributed by atoms with van der Waals surface area (Å²) < 4.78 is 6.20. The predicted molar refractivity (Wildman–Crippen MR) is 146 cm³/mol. The number of benzene rings is 2. The average Bonchev–Trinajstić information content (AvgIpc) is 3.35. The first-order chi connectivity index (χ1) is 17.3. The number of rotatable bonds is 8. The van der Waals surface area contributed by atoms with Crippen molar-refractivity contribution in [3.63, 3.8) is 0 Å². The summed E-state index contributed by atoms with van der Waals surface area (Å²) in [5.41, 5.74) is 3.97. The van der Waals surface area contributed by atoms with Gasteiger partial charge in [0.15, 0.2) is 0 Å². The number of carbonyl (C=O) groups is 2. The number of aryl methyl sites for hydroxylation is 1. The molecule has 2 heterocycles. The molecule has 0 aliphatic carbocycles. The van der Waals surface area contributed by atoms with Gasteiger partial charge in [-0.25, -0.2) is 0 Å². The second kappa shape index (κ2) is 11.3. The lowest BCUT2D eigenvalue weighted by Crippen LogP contribution is -2.49. The maximum atomic E-state index is 13.7. The van der Waals surface area contributed by atoms with E-state index in [0.717, 1.165) is 23.3 Å². The molecule has 4 rings (SSSR count). The minimum Gasteiger partial charge on any atom is -0.491 e. The van der Waals surface area contributed by atoms with Crippen LogP contribution in [0.15, 0.2) is 60.0 Å². The zero-order valence-corrected chi connectivity index (χ0v) is 22.7. The molecular weight excluding hydrogens is 468 g/mol. The van der Waals surface area contributed by atoms with E-state index < -0.39 is 0 Å². The van der Waals surface area contributed by atoms with Gasteiger partial charge in [-0.2, -0.15) is 0 Å². The molecule has 0 spiro atoms. The summed E-state index contributed by atoms with van der Waals surface area (Å²) in [5, 5.41) is 2.09. The van der Waals surface area contributed by atoms with Crippen LogP contribution in [-0.4, -0.2) is 47.4 Å². The van der Waals surface area contributed by atoms with Gasteiger partial charge in [-0.05, 0) is 79.4 Å². The van der Waals surface area contributed by atoms with Gasteiger partial charge in [0, 0.05) is 23.0 Å². The van der Waals surface area contributed by atoms with Crippen molar-refractivity contribution >= 4 is 23.2 Å². The van der Waals surface area contributed by atoms with Crippen LogP contribution in [0, 0.1) is 6.92 Å².